The summed E-state index contributed by atoms with van der Waals surface area (Å²) in [6, 6.07) is 0.232. The summed E-state index contributed by atoms with van der Waals surface area (Å²) in [5, 5.41) is 14.4. The van der Waals surface area contributed by atoms with E-state index in [2.05, 4.69) is 22.0 Å². The van der Waals surface area contributed by atoms with Crippen LogP contribution in [0.3, 0.4) is 0 Å². The maximum absolute atomic E-state index is 10.3. The molecule has 2 unspecified atom stereocenters. The van der Waals surface area contributed by atoms with Crippen molar-refractivity contribution >= 4 is 11.8 Å². The molecule has 1 saturated heterocycles. The molecule has 0 aliphatic carbocycles. The van der Waals surface area contributed by atoms with Gasteiger partial charge in [-0.3, -0.25) is 9.58 Å². The molecule has 96 valence electrons. The molecule has 6 heteroatoms. The van der Waals surface area contributed by atoms with E-state index < -0.39 is 0 Å². The second-order valence-electron chi connectivity index (χ2n) is 4.39. The Kier molecular flexibility index (Phi) is 4.42. The summed E-state index contributed by atoms with van der Waals surface area (Å²) >= 11 is 1.91. The molecule has 1 fully saturated rings. The fourth-order valence-corrected chi connectivity index (χ4v) is 3.45. The second kappa shape index (κ2) is 5.84. The van der Waals surface area contributed by atoms with Crippen LogP contribution in [-0.4, -0.2) is 62.0 Å². The molecule has 17 heavy (non-hydrogen) atoms. The fourth-order valence-electron chi connectivity index (χ4n) is 2.14. The van der Waals surface area contributed by atoms with Crippen LogP contribution in [0.4, 0.5) is 0 Å². The number of aliphatic hydroxyl groups excluding tert-OH is 1. The predicted octanol–water partition coefficient (Wildman–Crippen LogP) is 0.249. The van der Waals surface area contributed by atoms with Crippen LogP contribution in [0, 0.1) is 0 Å². The maximum atomic E-state index is 10.3. The van der Waals surface area contributed by atoms with Crippen molar-refractivity contribution in [3.05, 3.63) is 12.2 Å². The average molecular weight is 256 g/mol. The highest BCUT2D eigenvalue weighted by molar-refractivity contribution is 7.99. The number of nitrogens with zero attached hydrogens (tertiary/aromatic N) is 4. The van der Waals surface area contributed by atoms with E-state index >= 15 is 0 Å². The van der Waals surface area contributed by atoms with Crippen molar-refractivity contribution in [1.82, 2.24) is 19.7 Å². The molecule has 2 atom stereocenters. The molecule has 5 nitrogen and oxygen atoms in total. The third-order valence-corrected chi connectivity index (χ3v) is 4.32. The summed E-state index contributed by atoms with van der Waals surface area (Å²) in [6.07, 6.45) is 1.79. The van der Waals surface area contributed by atoms with E-state index in [0.29, 0.717) is 6.42 Å². The number of hydrogen-bond acceptors (Lipinski definition) is 5. The lowest BCUT2D eigenvalue weighted by atomic mass is 10.1. The smallest absolute Gasteiger partial charge is 0.138 e. The third-order valence-electron chi connectivity index (χ3n) is 3.27. The van der Waals surface area contributed by atoms with Crippen LogP contribution in [0.2, 0.25) is 0 Å². The number of likely N-dealkylation sites (N-methyl/N-ethyl adjacent to an activating group) is 1. The lowest BCUT2D eigenvalue weighted by Crippen LogP contribution is -2.48. The number of aromatic nitrogens is 3. The van der Waals surface area contributed by atoms with Crippen LogP contribution in [0.5, 0.6) is 0 Å². The highest BCUT2D eigenvalue weighted by atomic mass is 32.2. The van der Waals surface area contributed by atoms with Gasteiger partial charge in [0.05, 0.1) is 6.10 Å². The SMILES string of the molecule is CCn1ncnc1CC(O)C1CSCCN1C. The van der Waals surface area contributed by atoms with Crippen molar-refractivity contribution in [3.8, 4) is 0 Å². The molecular weight excluding hydrogens is 236 g/mol. The van der Waals surface area contributed by atoms with Crippen molar-refractivity contribution < 1.29 is 5.11 Å². The molecule has 0 bridgehead atoms. The zero-order valence-electron chi connectivity index (χ0n) is 10.4. The first-order valence-electron chi connectivity index (χ1n) is 6.05. The van der Waals surface area contributed by atoms with Gasteiger partial charge in [-0.15, -0.1) is 0 Å². The van der Waals surface area contributed by atoms with E-state index in [1.165, 1.54) is 0 Å². The zero-order chi connectivity index (χ0) is 12.3. The van der Waals surface area contributed by atoms with Crippen LogP contribution < -0.4 is 0 Å². The van der Waals surface area contributed by atoms with Crippen LogP contribution >= 0.6 is 11.8 Å². The van der Waals surface area contributed by atoms with E-state index in [4.69, 9.17) is 0 Å². The number of thioether (sulfide) groups is 1. The molecule has 0 radical (unpaired) electrons. The Balaban J connectivity index is 1.98. The quantitative estimate of drug-likeness (QED) is 0.837. The Morgan fingerprint density at radius 2 is 2.47 bits per heavy atom. The molecule has 1 aliphatic heterocycles. The minimum Gasteiger partial charge on any atom is -0.391 e. The fraction of sp³-hybridized carbons (Fsp3) is 0.818. The van der Waals surface area contributed by atoms with Crippen molar-refractivity contribution in [2.75, 3.05) is 25.1 Å². The molecule has 1 aromatic heterocycles. The van der Waals surface area contributed by atoms with E-state index in [1.807, 2.05) is 23.4 Å². The van der Waals surface area contributed by atoms with E-state index in [9.17, 15) is 5.11 Å². The van der Waals surface area contributed by atoms with Crippen molar-refractivity contribution in [1.29, 1.82) is 0 Å². The van der Waals surface area contributed by atoms with E-state index in [0.717, 1.165) is 30.4 Å². The van der Waals surface area contributed by atoms with Gasteiger partial charge in [0.25, 0.3) is 0 Å². The average Bonchev–Trinajstić information content (AvgIpc) is 2.76. The van der Waals surface area contributed by atoms with Gasteiger partial charge in [0, 0.05) is 37.1 Å². The van der Waals surface area contributed by atoms with Gasteiger partial charge in [-0.1, -0.05) is 0 Å². The Hall–Kier alpha value is -0.590. The van der Waals surface area contributed by atoms with Gasteiger partial charge in [-0.2, -0.15) is 16.9 Å². The molecule has 0 spiro atoms. The highest BCUT2D eigenvalue weighted by Crippen LogP contribution is 2.19. The summed E-state index contributed by atoms with van der Waals surface area (Å²) in [5.41, 5.74) is 0. The third kappa shape index (κ3) is 3.00. The van der Waals surface area contributed by atoms with Crippen LogP contribution in [0.25, 0.3) is 0 Å². The molecule has 1 aliphatic rings. The van der Waals surface area contributed by atoms with Gasteiger partial charge in [-0.25, -0.2) is 4.98 Å². The largest absolute Gasteiger partial charge is 0.391 e. The summed E-state index contributed by atoms with van der Waals surface area (Å²) in [6.45, 7) is 3.89. The monoisotopic (exact) mass is 256 g/mol. The van der Waals surface area contributed by atoms with Gasteiger partial charge in [0.15, 0.2) is 0 Å². The maximum Gasteiger partial charge on any atom is 0.138 e. The summed E-state index contributed by atoms with van der Waals surface area (Å²) in [7, 11) is 2.08. The van der Waals surface area contributed by atoms with Crippen molar-refractivity contribution in [2.45, 2.75) is 32.0 Å². The molecule has 0 aromatic carbocycles. The molecule has 1 aromatic rings. The molecule has 1 N–H and O–H groups in total. The van der Waals surface area contributed by atoms with Gasteiger partial charge in [0.2, 0.25) is 0 Å². The van der Waals surface area contributed by atoms with Gasteiger partial charge >= 0.3 is 0 Å². The number of hydrogen-bond donors (Lipinski definition) is 1. The first kappa shape index (κ1) is 12.9. The topological polar surface area (TPSA) is 54.2 Å². The van der Waals surface area contributed by atoms with E-state index in [-0.39, 0.29) is 12.1 Å². The first-order chi connectivity index (χ1) is 8.22. The van der Waals surface area contributed by atoms with Crippen LogP contribution in [0.15, 0.2) is 6.33 Å². The Labute approximate surface area is 106 Å². The Morgan fingerprint density at radius 3 is 3.18 bits per heavy atom. The predicted molar refractivity (Wildman–Crippen MR) is 69.1 cm³/mol. The number of aliphatic hydroxyl groups is 1. The van der Waals surface area contributed by atoms with Crippen molar-refractivity contribution in [3.63, 3.8) is 0 Å². The molecule has 2 rings (SSSR count). The Morgan fingerprint density at radius 1 is 1.65 bits per heavy atom. The van der Waals surface area contributed by atoms with Gasteiger partial charge < -0.3 is 5.11 Å². The molecule has 0 saturated carbocycles. The minimum atomic E-state index is -0.359. The molecular formula is C11H20N4OS. The van der Waals surface area contributed by atoms with Gasteiger partial charge in [-0.05, 0) is 14.0 Å². The molecule has 2 heterocycles. The lowest BCUT2D eigenvalue weighted by Gasteiger charge is -2.35. The van der Waals surface area contributed by atoms with E-state index in [1.54, 1.807) is 6.33 Å². The van der Waals surface area contributed by atoms with Crippen molar-refractivity contribution in [2.24, 2.45) is 0 Å². The summed E-state index contributed by atoms with van der Waals surface area (Å²) in [4.78, 5) is 6.46. The minimum absolute atomic E-state index is 0.232. The van der Waals surface area contributed by atoms with Crippen LogP contribution in [-0.2, 0) is 13.0 Å². The zero-order valence-corrected chi connectivity index (χ0v) is 11.2. The number of rotatable bonds is 4. The standard InChI is InChI=1S/C11H20N4OS/c1-3-15-11(12-8-13-15)6-10(16)9-7-17-5-4-14(9)2/h8-10,16H,3-7H2,1-2H3. The van der Waals surface area contributed by atoms with Crippen LogP contribution in [0.1, 0.15) is 12.7 Å². The Bertz CT molecular complexity index is 357. The second-order valence-corrected chi connectivity index (χ2v) is 5.54. The number of aryl methyl sites for hydroxylation is 1. The lowest BCUT2D eigenvalue weighted by molar-refractivity contribution is 0.0740. The summed E-state index contributed by atoms with van der Waals surface area (Å²) < 4.78 is 1.85. The first-order valence-corrected chi connectivity index (χ1v) is 7.20. The summed E-state index contributed by atoms with van der Waals surface area (Å²) in [5.74, 6) is 3.03. The molecule has 0 amide bonds. The van der Waals surface area contributed by atoms with Gasteiger partial charge in [0.1, 0.15) is 12.2 Å². The highest BCUT2D eigenvalue weighted by Gasteiger charge is 2.27. The normalized spacial score (nSPS) is 23.8.